The molecule has 2 unspecified atom stereocenters. The van der Waals surface area contributed by atoms with Crippen LogP contribution in [0.15, 0.2) is 66.9 Å². The summed E-state index contributed by atoms with van der Waals surface area (Å²) in [7, 11) is 1.74. The Balaban J connectivity index is 1.46. The molecular weight excluding hydrogens is 379 g/mol. The van der Waals surface area contributed by atoms with E-state index >= 15 is 0 Å². The van der Waals surface area contributed by atoms with Crippen molar-refractivity contribution >= 4 is 5.69 Å². The van der Waals surface area contributed by atoms with E-state index in [-0.39, 0.29) is 17.9 Å². The SMILES string of the molecule is COCC1NCCN(c2ccc(F)cc2)C1CCCc1ccnn1-c1ccccc1. The minimum atomic E-state index is -0.201. The summed E-state index contributed by atoms with van der Waals surface area (Å²) in [4.78, 5) is 2.40. The van der Waals surface area contributed by atoms with Gasteiger partial charge < -0.3 is 15.0 Å². The molecule has 1 N–H and O–H groups in total. The molecule has 0 aliphatic carbocycles. The van der Waals surface area contributed by atoms with Crippen LogP contribution in [0.3, 0.4) is 0 Å². The van der Waals surface area contributed by atoms with Gasteiger partial charge in [0.1, 0.15) is 5.82 Å². The third-order valence-electron chi connectivity index (χ3n) is 5.78. The lowest BCUT2D eigenvalue weighted by molar-refractivity contribution is 0.143. The van der Waals surface area contributed by atoms with Gasteiger partial charge >= 0.3 is 0 Å². The summed E-state index contributed by atoms with van der Waals surface area (Å²) in [6, 6.07) is 19.7. The van der Waals surface area contributed by atoms with Gasteiger partial charge in [-0.3, -0.25) is 0 Å². The molecule has 3 aromatic rings. The van der Waals surface area contributed by atoms with Crippen LogP contribution in [-0.2, 0) is 11.2 Å². The zero-order valence-electron chi connectivity index (χ0n) is 17.4. The monoisotopic (exact) mass is 408 g/mol. The van der Waals surface area contributed by atoms with Crippen molar-refractivity contribution in [3.05, 3.63) is 78.4 Å². The lowest BCUT2D eigenvalue weighted by Gasteiger charge is -2.43. The van der Waals surface area contributed by atoms with Crippen molar-refractivity contribution in [1.29, 1.82) is 0 Å². The third-order valence-corrected chi connectivity index (χ3v) is 5.78. The molecule has 1 saturated heterocycles. The maximum absolute atomic E-state index is 13.4. The van der Waals surface area contributed by atoms with Crippen molar-refractivity contribution in [2.24, 2.45) is 0 Å². The molecule has 1 fully saturated rings. The molecule has 1 aliphatic heterocycles. The summed E-state index contributed by atoms with van der Waals surface area (Å²) >= 11 is 0. The number of hydrogen-bond acceptors (Lipinski definition) is 4. The fourth-order valence-corrected chi connectivity index (χ4v) is 4.36. The second-order valence-corrected chi connectivity index (χ2v) is 7.72. The van der Waals surface area contributed by atoms with Crippen LogP contribution in [0.25, 0.3) is 5.69 Å². The molecular formula is C24H29FN4O. The smallest absolute Gasteiger partial charge is 0.123 e. The number of para-hydroxylation sites is 1. The Morgan fingerprint density at radius 3 is 2.63 bits per heavy atom. The minimum absolute atomic E-state index is 0.201. The van der Waals surface area contributed by atoms with E-state index < -0.39 is 0 Å². The average Bonchev–Trinajstić information content (AvgIpc) is 3.25. The van der Waals surface area contributed by atoms with Gasteiger partial charge in [0.25, 0.3) is 0 Å². The van der Waals surface area contributed by atoms with E-state index in [0.717, 1.165) is 43.7 Å². The maximum Gasteiger partial charge on any atom is 0.123 e. The van der Waals surface area contributed by atoms with E-state index in [0.29, 0.717) is 6.61 Å². The molecule has 6 heteroatoms. The molecule has 158 valence electrons. The van der Waals surface area contributed by atoms with E-state index in [1.807, 2.05) is 41.2 Å². The Morgan fingerprint density at radius 2 is 1.87 bits per heavy atom. The van der Waals surface area contributed by atoms with Gasteiger partial charge in [-0.15, -0.1) is 0 Å². The number of aromatic nitrogens is 2. The molecule has 5 nitrogen and oxygen atoms in total. The third kappa shape index (κ3) is 4.71. The molecule has 30 heavy (non-hydrogen) atoms. The van der Waals surface area contributed by atoms with Crippen LogP contribution in [0.1, 0.15) is 18.5 Å². The number of nitrogens with one attached hydrogen (secondary N) is 1. The van der Waals surface area contributed by atoms with E-state index in [1.165, 1.54) is 17.8 Å². The summed E-state index contributed by atoms with van der Waals surface area (Å²) in [5.41, 5.74) is 3.36. The van der Waals surface area contributed by atoms with Crippen LogP contribution >= 0.6 is 0 Å². The lowest BCUT2D eigenvalue weighted by atomic mass is 9.96. The predicted molar refractivity (Wildman–Crippen MR) is 118 cm³/mol. The van der Waals surface area contributed by atoms with Crippen LogP contribution in [0, 0.1) is 5.82 Å². The quantitative estimate of drug-likeness (QED) is 0.615. The van der Waals surface area contributed by atoms with Crippen molar-refractivity contribution in [1.82, 2.24) is 15.1 Å². The number of ether oxygens (including phenoxy) is 1. The van der Waals surface area contributed by atoms with Crippen LogP contribution in [0.2, 0.25) is 0 Å². The van der Waals surface area contributed by atoms with Gasteiger partial charge in [0.15, 0.2) is 0 Å². The first kappa shape index (κ1) is 20.6. The fourth-order valence-electron chi connectivity index (χ4n) is 4.36. The van der Waals surface area contributed by atoms with Crippen LogP contribution < -0.4 is 10.2 Å². The molecule has 0 spiro atoms. The van der Waals surface area contributed by atoms with Gasteiger partial charge in [-0.1, -0.05) is 18.2 Å². The van der Waals surface area contributed by atoms with E-state index in [9.17, 15) is 4.39 Å². The Kier molecular flexibility index (Phi) is 6.77. The Labute approximate surface area is 177 Å². The van der Waals surface area contributed by atoms with Gasteiger partial charge in [0.2, 0.25) is 0 Å². The number of methoxy groups -OCH3 is 1. The van der Waals surface area contributed by atoms with Gasteiger partial charge in [0, 0.05) is 43.8 Å². The summed E-state index contributed by atoms with van der Waals surface area (Å²) in [5, 5.41) is 8.11. The van der Waals surface area contributed by atoms with Gasteiger partial charge in [-0.05, 0) is 61.7 Å². The molecule has 0 bridgehead atoms. The zero-order valence-corrected chi connectivity index (χ0v) is 17.4. The molecule has 2 atom stereocenters. The van der Waals surface area contributed by atoms with Crippen molar-refractivity contribution in [2.45, 2.75) is 31.3 Å². The number of hydrogen-bond donors (Lipinski definition) is 1. The second kappa shape index (κ2) is 9.87. The minimum Gasteiger partial charge on any atom is -0.383 e. The highest BCUT2D eigenvalue weighted by atomic mass is 19.1. The van der Waals surface area contributed by atoms with Crippen LogP contribution in [0.5, 0.6) is 0 Å². The predicted octanol–water partition coefficient (Wildman–Crippen LogP) is 3.83. The highest BCUT2D eigenvalue weighted by Crippen LogP contribution is 2.25. The standard InChI is InChI=1S/C24H29FN4O/c1-30-18-23-24(28(17-16-26-23)20-12-10-19(25)11-13-20)9-5-8-22-14-15-27-29(22)21-6-3-2-4-7-21/h2-4,6-7,10-15,23-24,26H,5,8-9,16-18H2,1H3. The molecule has 1 aromatic heterocycles. The summed E-state index contributed by atoms with van der Waals surface area (Å²) in [6.45, 7) is 2.45. The van der Waals surface area contributed by atoms with E-state index in [1.54, 1.807) is 7.11 Å². The Bertz CT molecular complexity index is 910. The van der Waals surface area contributed by atoms with Crippen LogP contribution in [-0.4, -0.2) is 48.7 Å². The topological polar surface area (TPSA) is 42.3 Å². The van der Waals surface area contributed by atoms with Crippen molar-refractivity contribution in [3.63, 3.8) is 0 Å². The number of nitrogens with zero attached hydrogens (tertiary/aromatic N) is 3. The zero-order chi connectivity index (χ0) is 20.8. The number of aryl methyl sites for hydroxylation is 1. The van der Waals surface area contributed by atoms with Crippen LogP contribution in [0.4, 0.5) is 10.1 Å². The first-order valence-electron chi connectivity index (χ1n) is 10.6. The summed E-state index contributed by atoms with van der Waals surface area (Å²) in [6.07, 6.45) is 4.85. The molecule has 0 radical (unpaired) electrons. The van der Waals surface area contributed by atoms with Crippen molar-refractivity contribution in [3.8, 4) is 5.69 Å². The molecule has 0 saturated carbocycles. The Hall–Kier alpha value is -2.70. The Morgan fingerprint density at radius 1 is 1.07 bits per heavy atom. The number of benzene rings is 2. The second-order valence-electron chi connectivity index (χ2n) is 7.72. The summed E-state index contributed by atoms with van der Waals surface area (Å²) < 4.78 is 20.9. The number of halogens is 1. The van der Waals surface area contributed by atoms with Crippen molar-refractivity contribution in [2.75, 3.05) is 31.7 Å². The molecule has 2 aromatic carbocycles. The number of anilines is 1. The molecule has 2 heterocycles. The average molecular weight is 409 g/mol. The number of rotatable bonds is 8. The highest BCUT2D eigenvalue weighted by Gasteiger charge is 2.31. The van der Waals surface area contributed by atoms with E-state index in [2.05, 4.69) is 33.5 Å². The van der Waals surface area contributed by atoms with Gasteiger partial charge in [0.05, 0.1) is 18.3 Å². The van der Waals surface area contributed by atoms with E-state index in [4.69, 9.17) is 4.74 Å². The first-order chi connectivity index (χ1) is 14.8. The molecule has 1 aliphatic rings. The van der Waals surface area contributed by atoms with Gasteiger partial charge in [-0.25, -0.2) is 9.07 Å². The fraction of sp³-hybridized carbons (Fsp3) is 0.375. The maximum atomic E-state index is 13.4. The normalized spacial score (nSPS) is 19.2. The summed E-state index contributed by atoms with van der Waals surface area (Å²) in [5.74, 6) is -0.201. The first-order valence-corrected chi connectivity index (χ1v) is 10.6. The molecule has 4 rings (SSSR count). The van der Waals surface area contributed by atoms with Crippen molar-refractivity contribution < 1.29 is 9.13 Å². The molecule has 0 amide bonds. The highest BCUT2D eigenvalue weighted by molar-refractivity contribution is 5.48. The largest absolute Gasteiger partial charge is 0.383 e. The number of piperazine rings is 1. The van der Waals surface area contributed by atoms with Gasteiger partial charge in [-0.2, -0.15) is 5.10 Å². The lowest BCUT2D eigenvalue weighted by Crippen LogP contribution is -2.59.